The first-order chi connectivity index (χ1) is 10.5. The lowest BCUT2D eigenvalue weighted by atomic mass is 10.1. The van der Waals surface area contributed by atoms with Crippen LogP contribution in [0.2, 0.25) is 0 Å². The van der Waals surface area contributed by atoms with Crippen molar-refractivity contribution < 1.29 is 19.1 Å². The number of nitrogens with zero attached hydrogens (tertiary/aromatic N) is 2. The quantitative estimate of drug-likeness (QED) is 0.477. The molecule has 1 aliphatic rings. The second-order valence-corrected chi connectivity index (χ2v) is 4.63. The first-order valence-electron chi connectivity index (χ1n) is 6.43. The molecule has 0 N–H and O–H groups in total. The van der Waals surface area contributed by atoms with Gasteiger partial charge in [-0.1, -0.05) is 18.1 Å². The van der Waals surface area contributed by atoms with Gasteiger partial charge in [0.1, 0.15) is 17.9 Å². The van der Waals surface area contributed by atoms with Gasteiger partial charge < -0.3 is 4.74 Å². The molecule has 22 heavy (non-hydrogen) atoms. The zero-order chi connectivity index (χ0) is 16.3. The minimum atomic E-state index is -0.654. The van der Waals surface area contributed by atoms with Gasteiger partial charge >= 0.3 is 6.03 Å². The standard InChI is InChI=1S/C16H14N2O4/c1-4-8-22-12-7-5-6-11(9-12)10-13-14(19)17(2)16(21)18(3)15(13)20/h1,5-7,9-10H,8H2,2-3H3. The number of likely N-dealkylation sites (N-methyl/N-ethyl adjacent to an activating group) is 2. The summed E-state index contributed by atoms with van der Waals surface area (Å²) in [5.41, 5.74) is 0.515. The summed E-state index contributed by atoms with van der Waals surface area (Å²) in [6, 6.07) is 6.15. The maximum absolute atomic E-state index is 12.1. The molecule has 1 heterocycles. The second kappa shape index (κ2) is 6.14. The van der Waals surface area contributed by atoms with E-state index >= 15 is 0 Å². The Balaban J connectivity index is 2.35. The molecule has 0 radical (unpaired) electrons. The molecule has 0 aromatic heterocycles. The number of benzene rings is 1. The lowest BCUT2D eigenvalue weighted by Crippen LogP contribution is -2.52. The minimum Gasteiger partial charge on any atom is -0.481 e. The molecule has 0 aliphatic carbocycles. The molecule has 1 fully saturated rings. The summed E-state index contributed by atoms with van der Waals surface area (Å²) in [6.45, 7) is 0.123. The Morgan fingerprint density at radius 3 is 2.41 bits per heavy atom. The van der Waals surface area contributed by atoms with Crippen molar-refractivity contribution in [3.63, 3.8) is 0 Å². The van der Waals surface area contributed by atoms with Gasteiger partial charge in [0.15, 0.2) is 0 Å². The van der Waals surface area contributed by atoms with Crippen molar-refractivity contribution in [2.45, 2.75) is 0 Å². The van der Waals surface area contributed by atoms with Gasteiger partial charge in [-0.3, -0.25) is 19.4 Å². The van der Waals surface area contributed by atoms with Crippen LogP contribution in [0.5, 0.6) is 5.75 Å². The summed E-state index contributed by atoms with van der Waals surface area (Å²) in [5, 5.41) is 0. The summed E-state index contributed by atoms with van der Waals surface area (Å²) in [6.07, 6.45) is 6.55. The molecule has 0 spiro atoms. The van der Waals surface area contributed by atoms with E-state index in [9.17, 15) is 14.4 Å². The van der Waals surface area contributed by atoms with Crippen LogP contribution in [0, 0.1) is 12.3 Å². The van der Waals surface area contributed by atoms with Gasteiger partial charge in [0, 0.05) is 14.1 Å². The Kier molecular flexibility index (Phi) is 4.28. The van der Waals surface area contributed by atoms with Gasteiger partial charge in [-0.05, 0) is 23.8 Å². The molecule has 0 atom stereocenters. The van der Waals surface area contributed by atoms with Crippen LogP contribution in [0.25, 0.3) is 6.08 Å². The van der Waals surface area contributed by atoms with Crippen LogP contribution in [0.4, 0.5) is 4.79 Å². The minimum absolute atomic E-state index is 0.0845. The van der Waals surface area contributed by atoms with E-state index < -0.39 is 17.8 Å². The number of carbonyl (C=O) groups is 3. The molecular formula is C16H14N2O4. The van der Waals surface area contributed by atoms with Crippen LogP contribution in [0.3, 0.4) is 0 Å². The third-order valence-electron chi connectivity index (χ3n) is 3.14. The highest BCUT2D eigenvalue weighted by molar-refractivity contribution is 6.30. The Morgan fingerprint density at radius 1 is 1.18 bits per heavy atom. The number of ether oxygens (including phenoxy) is 1. The van der Waals surface area contributed by atoms with E-state index in [1.165, 1.54) is 20.2 Å². The molecule has 4 amide bonds. The van der Waals surface area contributed by atoms with Gasteiger partial charge in [0.25, 0.3) is 11.8 Å². The molecule has 0 saturated carbocycles. The van der Waals surface area contributed by atoms with Gasteiger partial charge in [0.05, 0.1) is 0 Å². The van der Waals surface area contributed by atoms with Gasteiger partial charge in [-0.25, -0.2) is 4.79 Å². The van der Waals surface area contributed by atoms with Crippen molar-refractivity contribution in [1.82, 2.24) is 9.80 Å². The monoisotopic (exact) mass is 298 g/mol. The highest BCUT2D eigenvalue weighted by atomic mass is 16.5. The molecule has 0 bridgehead atoms. The Hall–Kier alpha value is -3.07. The summed E-state index contributed by atoms with van der Waals surface area (Å²) < 4.78 is 5.29. The summed E-state index contributed by atoms with van der Waals surface area (Å²) in [4.78, 5) is 37.6. The molecular weight excluding hydrogens is 284 g/mol. The molecule has 1 saturated heterocycles. The number of amides is 4. The van der Waals surface area contributed by atoms with E-state index in [1.807, 2.05) is 0 Å². The highest BCUT2D eigenvalue weighted by Crippen LogP contribution is 2.20. The Labute approximate surface area is 128 Å². The van der Waals surface area contributed by atoms with E-state index in [4.69, 9.17) is 11.2 Å². The average Bonchev–Trinajstić information content (AvgIpc) is 2.53. The first kappa shape index (κ1) is 15.3. The number of hydrogen-bond donors (Lipinski definition) is 0. The highest BCUT2D eigenvalue weighted by Gasteiger charge is 2.37. The van der Waals surface area contributed by atoms with E-state index in [-0.39, 0.29) is 12.2 Å². The van der Waals surface area contributed by atoms with Gasteiger partial charge in [-0.2, -0.15) is 0 Å². The summed E-state index contributed by atoms with van der Waals surface area (Å²) in [5.74, 6) is 1.61. The number of hydrogen-bond acceptors (Lipinski definition) is 4. The van der Waals surface area contributed by atoms with Crippen LogP contribution >= 0.6 is 0 Å². The van der Waals surface area contributed by atoms with Crippen molar-refractivity contribution in [1.29, 1.82) is 0 Å². The van der Waals surface area contributed by atoms with Crippen LogP contribution < -0.4 is 4.74 Å². The average molecular weight is 298 g/mol. The maximum atomic E-state index is 12.1. The number of barbiturate groups is 1. The second-order valence-electron chi connectivity index (χ2n) is 4.63. The van der Waals surface area contributed by atoms with Crippen molar-refractivity contribution in [2.24, 2.45) is 0 Å². The molecule has 0 unspecified atom stereocenters. The summed E-state index contributed by atoms with van der Waals surface area (Å²) in [7, 11) is 2.65. The fourth-order valence-corrected chi connectivity index (χ4v) is 1.96. The SMILES string of the molecule is C#CCOc1cccc(C=C2C(=O)N(C)C(=O)N(C)C2=O)c1. The zero-order valence-corrected chi connectivity index (χ0v) is 12.2. The van der Waals surface area contributed by atoms with Gasteiger partial charge in [-0.15, -0.1) is 6.42 Å². The smallest absolute Gasteiger partial charge is 0.333 e. The number of rotatable bonds is 3. The molecule has 2 rings (SSSR count). The molecule has 1 aliphatic heterocycles. The Bertz CT molecular complexity index is 689. The van der Waals surface area contributed by atoms with E-state index in [2.05, 4.69) is 5.92 Å². The lowest BCUT2D eigenvalue weighted by molar-refractivity contribution is -0.134. The predicted molar refractivity (Wildman–Crippen MR) is 79.7 cm³/mol. The largest absolute Gasteiger partial charge is 0.481 e. The van der Waals surface area contributed by atoms with Crippen LogP contribution in [-0.4, -0.2) is 48.3 Å². The number of terminal acetylenes is 1. The predicted octanol–water partition coefficient (Wildman–Crippen LogP) is 1.13. The van der Waals surface area contributed by atoms with Crippen molar-refractivity contribution in [3.8, 4) is 18.1 Å². The van der Waals surface area contributed by atoms with Gasteiger partial charge in [0.2, 0.25) is 0 Å². The molecule has 1 aromatic rings. The van der Waals surface area contributed by atoms with Crippen molar-refractivity contribution >= 4 is 23.9 Å². The van der Waals surface area contributed by atoms with Crippen LogP contribution in [0.1, 0.15) is 5.56 Å². The van der Waals surface area contributed by atoms with E-state index in [0.29, 0.717) is 11.3 Å². The molecule has 1 aromatic carbocycles. The lowest BCUT2D eigenvalue weighted by Gasteiger charge is -2.28. The molecule has 6 heteroatoms. The first-order valence-corrected chi connectivity index (χ1v) is 6.43. The third-order valence-corrected chi connectivity index (χ3v) is 3.14. The normalized spacial score (nSPS) is 15.0. The van der Waals surface area contributed by atoms with Crippen molar-refractivity contribution in [2.75, 3.05) is 20.7 Å². The summed E-state index contributed by atoms with van der Waals surface area (Å²) >= 11 is 0. The topological polar surface area (TPSA) is 66.9 Å². The fraction of sp³-hybridized carbons (Fsp3) is 0.188. The number of carbonyl (C=O) groups excluding carboxylic acids is 3. The maximum Gasteiger partial charge on any atom is 0.333 e. The number of urea groups is 1. The zero-order valence-electron chi connectivity index (χ0n) is 12.2. The van der Waals surface area contributed by atoms with Crippen molar-refractivity contribution in [3.05, 3.63) is 35.4 Å². The van der Waals surface area contributed by atoms with Crippen LogP contribution in [0.15, 0.2) is 29.8 Å². The third kappa shape index (κ3) is 2.83. The Morgan fingerprint density at radius 2 is 1.82 bits per heavy atom. The molecule has 6 nitrogen and oxygen atoms in total. The fourth-order valence-electron chi connectivity index (χ4n) is 1.96. The molecule has 112 valence electrons. The van der Waals surface area contributed by atoms with Crippen LogP contribution in [-0.2, 0) is 9.59 Å². The number of imide groups is 2. The van der Waals surface area contributed by atoms with E-state index in [0.717, 1.165) is 9.80 Å². The van der Waals surface area contributed by atoms with E-state index in [1.54, 1.807) is 24.3 Å².